The fourth-order valence-electron chi connectivity index (χ4n) is 2.57. The summed E-state index contributed by atoms with van der Waals surface area (Å²) in [6.45, 7) is 6.04. The van der Waals surface area contributed by atoms with Gasteiger partial charge in [-0.2, -0.15) is 0 Å². The average molecular weight is 249 g/mol. The maximum absolute atomic E-state index is 13.1. The Morgan fingerprint density at radius 1 is 1.33 bits per heavy atom. The van der Waals surface area contributed by atoms with Crippen LogP contribution in [0.3, 0.4) is 0 Å². The molecule has 1 aromatic carbocycles. The van der Waals surface area contributed by atoms with Crippen LogP contribution in [0.25, 0.3) is 0 Å². The molecule has 98 valence electrons. The summed E-state index contributed by atoms with van der Waals surface area (Å²) in [5, 5.41) is 0. The molecule has 0 N–H and O–H groups in total. The molecule has 1 heterocycles. The highest BCUT2D eigenvalue weighted by atomic mass is 19.1. The first-order valence-corrected chi connectivity index (χ1v) is 6.63. The van der Waals surface area contributed by atoms with E-state index in [-0.39, 0.29) is 11.7 Å². The van der Waals surface area contributed by atoms with Crippen LogP contribution in [0, 0.1) is 17.7 Å². The van der Waals surface area contributed by atoms with Crippen LogP contribution in [0.15, 0.2) is 24.3 Å². The number of nitrogens with zero attached hydrogens (tertiary/aromatic N) is 1. The molecule has 1 fully saturated rings. The van der Waals surface area contributed by atoms with E-state index < -0.39 is 0 Å². The zero-order valence-corrected chi connectivity index (χ0v) is 11.0. The molecule has 1 aromatic rings. The first kappa shape index (κ1) is 13.1. The highest BCUT2D eigenvalue weighted by Crippen LogP contribution is 2.25. The lowest BCUT2D eigenvalue weighted by molar-refractivity contribution is 0.0667. The van der Waals surface area contributed by atoms with Crippen molar-refractivity contribution in [3.63, 3.8) is 0 Å². The smallest absolute Gasteiger partial charge is 0.253 e. The van der Waals surface area contributed by atoms with Gasteiger partial charge in [0.05, 0.1) is 0 Å². The normalized spacial score (nSPS) is 17.2. The summed E-state index contributed by atoms with van der Waals surface area (Å²) in [5.41, 5.74) is 0.456. The van der Waals surface area contributed by atoms with Gasteiger partial charge in [-0.15, -0.1) is 0 Å². The maximum Gasteiger partial charge on any atom is 0.253 e. The second kappa shape index (κ2) is 5.51. The quantitative estimate of drug-likeness (QED) is 0.787. The molecular weight excluding hydrogens is 229 g/mol. The highest BCUT2D eigenvalue weighted by molar-refractivity contribution is 5.94. The van der Waals surface area contributed by atoms with Crippen LogP contribution in [0.5, 0.6) is 0 Å². The molecular formula is C15H20FNO. The molecule has 0 atom stereocenters. The predicted octanol–water partition coefficient (Wildman–Crippen LogP) is 3.33. The molecule has 0 radical (unpaired) electrons. The number of hydrogen-bond donors (Lipinski definition) is 0. The zero-order chi connectivity index (χ0) is 13.1. The van der Waals surface area contributed by atoms with Crippen molar-refractivity contribution < 1.29 is 9.18 Å². The number of carbonyl (C=O) groups is 1. The van der Waals surface area contributed by atoms with Crippen molar-refractivity contribution in [2.45, 2.75) is 26.7 Å². The van der Waals surface area contributed by atoms with Gasteiger partial charge >= 0.3 is 0 Å². The minimum Gasteiger partial charge on any atom is -0.339 e. The number of hydrogen-bond acceptors (Lipinski definition) is 1. The molecule has 1 aliphatic heterocycles. The Morgan fingerprint density at radius 2 is 2.00 bits per heavy atom. The summed E-state index contributed by atoms with van der Waals surface area (Å²) >= 11 is 0. The average Bonchev–Trinajstić information content (AvgIpc) is 2.38. The summed E-state index contributed by atoms with van der Waals surface area (Å²) in [7, 11) is 0. The monoisotopic (exact) mass is 249 g/mol. The van der Waals surface area contributed by atoms with E-state index >= 15 is 0 Å². The van der Waals surface area contributed by atoms with Gasteiger partial charge < -0.3 is 4.90 Å². The van der Waals surface area contributed by atoms with Crippen LogP contribution < -0.4 is 0 Å². The number of amides is 1. The van der Waals surface area contributed by atoms with Crippen LogP contribution in [0.2, 0.25) is 0 Å². The Hall–Kier alpha value is -1.38. The Balaban J connectivity index is 1.99. The van der Waals surface area contributed by atoms with Gasteiger partial charge in [-0.25, -0.2) is 4.39 Å². The largest absolute Gasteiger partial charge is 0.339 e. The van der Waals surface area contributed by atoms with E-state index in [1.807, 2.05) is 4.90 Å². The van der Waals surface area contributed by atoms with Gasteiger partial charge in [-0.1, -0.05) is 19.9 Å². The molecule has 1 amide bonds. The van der Waals surface area contributed by atoms with Crippen LogP contribution >= 0.6 is 0 Å². The third-order valence-electron chi connectivity index (χ3n) is 3.84. The number of carbonyl (C=O) groups excluding carboxylic acids is 1. The molecule has 0 saturated carbocycles. The lowest BCUT2D eigenvalue weighted by Gasteiger charge is -2.33. The van der Waals surface area contributed by atoms with Gasteiger partial charge in [0, 0.05) is 18.7 Å². The van der Waals surface area contributed by atoms with Gasteiger partial charge in [0.2, 0.25) is 0 Å². The van der Waals surface area contributed by atoms with E-state index in [0.717, 1.165) is 25.9 Å². The van der Waals surface area contributed by atoms with Crippen LogP contribution in [-0.4, -0.2) is 23.9 Å². The third-order valence-corrected chi connectivity index (χ3v) is 3.84. The van der Waals surface area contributed by atoms with Crippen molar-refractivity contribution in [1.82, 2.24) is 4.90 Å². The van der Waals surface area contributed by atoms with Crippen molar-refractivity contribution in [2.75, 3.05) is 13.1 Å². The number of piperidine rings is 1. The fraction of sp³-hybridized carbons (Fsp3) is 0.533. The molecule has 3 heteroatoms. The van der Waals surface area contributed by atoms with Gasteiger partial charge in [0.1, 0.15) is 5.82 Å². The first-order valence-electron chi connectivity index (χ1n) is 6.63. The summed E-state index contributed by atoms with van der Waals surface area (Å²) in [6.07, 6.45) is 2.11. The summed E-state index contributed by atoms with van der Waals surface area (Å²) in [6, 6.07) is 5.95. The van der Waals surface area contributed by atoms with Gasteiger partial charge in [0.25, 0.3) is 5.91 Å². The van der Waals surface area contributed by atoms with E-state index in [2.05, 4.69) is 13.8 Å². The number of rotatable bonds is 2. The maximum atomic E-state index is 13.1. The number of halogens is 1. The Morgan fingerprint density at radius 3 is 2.56 bits per heavy atom. The summed E-state index contributed by atoms with van der Waals surface area (Å²) < 4.78 is 13.1. The van der Waals surface area contributed by atoms with Crippen molar-refractivity contribution >= 4 is 5.91 Å². The highest BCUT2D eigenvalue weighted by Gasteiger charge is 2.25. The van der Waals surface area contributed by atoms with Crippen LogP contribution in [0.1, 0.15) is 37.0 Å². The molecule has 0 bridgehead atoms. The molecule has 0 unspecified atom stereocenters. The predicted molar refractivity (Wildman–Crippen MR) is 69.9 cm³/mol. The summed E-state index contributed by atoms with van der Waals surface area (Å²) in [4.78, 5) is 14.0. The Kier molecular flexibility index (Phi) is 4.00. The van der Waals surface area contributed by atoms with E-state index in [4.69, 9.17) is 0 Å². The van der Waals surface area contributed by atoms with E-state index in [1.54, 1.807) is 12.1 Å². The molecule has 2 nitrogen and oxygen atoms in total. The van der Waals surface area contributed by atoms with E-state index in [0.29, 0.717) is 17.4 Å². The van der Waals surface area contributed by atoms with Crippen molar-refractivity contribution in [3.05, 3.63) is 35.6 Å². The molecule has 0 aliphatic carbocycles. The minimum absolute atomic E-state index is 0.0447. The Bertz CT molecular complexity index is 422. The van der Waals surface area contributed by atoms with Crippen LogP contribution in [-0.2, 0) is 0 Å². The Labute approximate surface area is 108 Å². The van der Waals surface area contributed by atoms with Gasteiger partial charge in [0.15, 0.2) is 0 Å². The van der Waals surface area contributed by atoms with Crippen molar-refractivity contribution in [2.24, 2.45) is 11.8 Å². The zero-order valence-electron chi connectivity index (χ0n) is 11.0. The second-order valence-corrected chi connectivity index (χ2v) is 5.38. The molecule has 1 saturated heterocycles. The summed E-state index contributed by atoms with van der Waals surface area (Å²) in [5.74, 6) is 0.993. The van der Waals surface area contributed by atoms with Crippen molar-refractivity contribution in [3.8, 4) is 0 Å². The van der Waals surface area contributed by atoms with Gasteiger partial charge in [-0.3, -0.25) is 4.79 Å². The molecule has 2 rings (SSSR count). The molecule has 0 spiro atoms. The lowest BCUT2D eigenvalue weighted by atomic mass is 9.86. The SMILES string of the molecule is CC(C)C1CCN(C(=O)c2cccc(F)c2)CC1. The molecule has 0 aromatic heterocycles. The third kappa shape index (κ3) is 2.89. The number of benzene rings is 1. The topological polar surface area (TPSA) is 20.3 Å². The molecule has 18 heavy (non-hydrogen) atoms. The van der Waals surface area contributed by atoms with E-state index in [9.17, 15) is 9.18 Å². The fourth-order valence-corrected chi connectivity index (χ4v) is 2.57. The number of likely N-dealkylation sites (tertiary alicyclic amines) is 1. The van der Waals surface area contributed by atoms with E-state index in [1.165, 1.54) is 12.1 Å². The standard InChI is InChI=1S/C15H20FNO/c1-11(2)12-6-8-17(9-7-12)15(18)13-4-3-5-14(16)10-13/h3-5,10-12H,6-9H2,1-2H3. The minimum atomic E-state index is -0.349. The van der Waals surface area contributed by atoms with Gasteiger partial charge in [-0.05, 0) is 42.9 Å². The lowest BCUT2D eigenvalue weighted by Crippen LogP contribution is -2.39. The second-order valence-electron chi connectivity index (χ2n) is 5.38. The molecule has 1 aliphatic rings. The van der Waals surface area contributed by atoms with Crippen molar-refractivity contribution in [1.29, 1.82) is 0 Å². The first-order chi connectivity index (χ1) is 8.58. The van der Waals surface area contributed by atoms with Crippen LogP contribution in [0.4, 0.5) is 4.39 Å².